The fraction of sp³-hybridized carbons (Fsp3) is 0.391. The lowest BCUT2D eigenvalue weighted by Crippen LogP contribution is -2.24. The van der Waals surface area contributed by atoms with Gasteiger partial charge in [0, 0.05) is 24.1 Å². The Bertz CT molecular complexity index is 1150. The van der Waals surface area contributed by atoms with Crippen LogP contribution in [0.15, 0.2) is 30.3 Å². The lowest BCUT2D eigenvalue weighted by Gasteiger charge is -2.09. The van der Waals surface area contributed by atoms with Crippen LogP contribution in [-0.2, 0) is 0 Å². The maximum atomic E-state index is 9.79. The summed E-state index contributed by atoms with van der Waals surface area (Å²) < 4.78 is 12.5. The summed E-state index contributed by atoms with van der Waals surface area (Å²) in [6.07, 6.45) is 1.33. The average Bonchev–Trinajstić information content (AvgIpc) is 3.55. The van der Waals surface area contributed by atoms with Gasteiger partial charge in [0.05, 0.1) is 19.8 Å². The molecule has 9 nitrogen and oxygen atoms in total. The number of fused-ring (bicyclic) bond motifs is 1. The number of nitriles is 1. The van der Waals surface area contributed by atoms with Crippen LogP contribution in [0.3, 0.4) is 0 Å². The summed E-state index contributed by atoms with van der Waals surface area (Å²) in [4.78, 5) is 14.5. The van der Waals surface area contributed by atoms with Crippen molar-refractivity contribution in [3.8, 4) is 28.8 Å². The van der Waals surface area contributed by atoms with Gasteiger partial charge in [-0.2, -0.15) is 9.78 Å². The number of nitrogens with one attached hydrogen (secondary N) is 1. The summed E-state index contributed by atoms with van der Waals surface area (Å²) >= 11 is 0. The molecule has 0 saturated heterocycles. The molecule has 0 unspecified atom stereocenters. The van der Waals surface area contributed by atoms with Gasteiger partial charge >= 0.3 is 6.09 Å². The molecular weight excluding hydrogens is 410 g/mol. The third-order valence-electron chi connectivity index (χ3n) is 4.91. The van der Waals surface area contributed by atoms with Crippen molar-refractivity contribution < 1.29 is 19.4 Å². The van der Waals surface area contributed by atoms with Gasteiger partial charge in [-0.3, -0.25) is 0 Å². The predicted molar refractivity (Wildman–Crippen MR) is 119 cm³/mol. The third kappa shape index (κ3) is 5.27. The Morgan fingerprint density at radius 1 is 1.28 bits per heavy atom. The standard InChI is InChI=1S/C18H16N4O2.C5H11NO2/c1-23-15-9-12(5-6-13(15)10-19)14-7-8-16(24-2)22-18(14)20-17(21-22)11-3-4-11;1-4(2)3-6-5(7)8/h5-9,11H,3-4H2,1-2H3;4,6H,3H2,1-2H3,(H,7,8). The highest BCUT2D eigenvalue weighted by molar-refractivity contribution is 5.79. The summed E-state index contributed by atoms with van der Waals surface area (Å²) in [5.41, 5.74) is 3.11. The molecule has 9 heteroatoms. The Labute approximate surface area is 186 Å². The quantitative estimate of drug-likeness (QED) is 0.596. The first-order chi connectivity index (χ1) is 15.4. The van der Waals surface area contributed by atoms with Crippen LogP contribution < -0.4 is 14.8 Å². The number of nitrogens with zero attached hydrogens (tertiary/aromatic N) is 4. The van der Waals surface area contributed by atoms with Crippen molar-refractivity contribution >= 4 is 11.7 Å². The summed E-state index contributed by atoms with van der Waals surface area (Å²) in [7, 11) is 3.18. The smallest absolute Gasteiger partial charge is 0.404 e. The average molecular weight is 438 g/mol. The van der Waals surface area contributed by atoms with Gasteiger partial charge in [0.1, 0.15) is 11.8 Å². The maximum Gasteiger partial charge on any atom is 0.404 e. The third-order valence-corrected chi connectivity index (χ3v) is 4.91. The van der Waals surface area contributed by atoms with Gasteiger partial charge in [-0.1, -0.05) is 19.9 Å². The van der Waals surface area contributed by atoms with Gasteiger partial charge in [0.25, 0.3) is 0 Å². The van der Waals surface area contributed by atoms with Crippen LogP contribution in [0.5, 0.6) is 11.6 Å². The zero-order valence-electron chi connectivity index (χ0n) is 18.6. The maximum absolute atomic E-state index is 9.79. The normalized spacial score (nSPS) is 12.6. The number of hydrogen-bond acceptors (Lipinski definition) is 6. The van der Waals surface area contributed by atoms with Crippen molar-refractivity contribution in [1.82, 2.24) is 19.9 Å². The van der Waals surface area contributed by atoms with Gasteiger partial charge < -0.3 is 19.9 Å². The first-order valence-electron chi connectivity index (χ1n) is 10.4. The molecule has 1 amide bonds. The molecule has 1 aliphatic carbocycles. The Kier molecular flexibility index (Phi) is 7.15. The van der Waals surface area contributed by atoms with Crippen LogP contribution in [0.25, 0.3) is 16.8 Å². The zero-order chi connectivity index (χ0) is 23.3. The molecule has 1 aliphatic rings. The van der Waals surface area contributed by atoms with Gasteiger partial charge in [0.15, 0.2) is 11.5 Å². The summed E-state index contributed by atoms with van der Waals surface area (Å²) in [5.74, 6) is 2.91. The second-order valence-electron chi connectivity index (χ2n) is 7.88. The number of aromatic nitrogens is 3. The number of pyridine rings is 1. The van der Waals surface area contributed by atoms with E-state index in [2.05, 4.69) is 16.5 Å². The molecule has 0 bridgehead atoms. The van der Waals surface area contributed by atoms with E-state index in [9.17, 15) is 4.79 Å². The van der Waals surface area contributed by atoms with Crippen LogP contribution >= 0.6 is 0 Å². The van der Waals surface area contributed by atoms with Gasteiger partial charge in [-0.25, -0.2) is 9.78 Å². The lowest BCUT2D eigenvalue weighted by molar-refractivity contribution is 0.193. The van der Waals surface area contributed by atoms with Crippen LogP contribution in [0.2, 0.25) is 0 Å². The van der Waals surface area contributed by atoms with Crippen molar-refractivity contribution in [3.05, 3.63) is 41.7 Å². The Balaban J connectivity index is 0.000000312. The van der Waals surface area contributed by atoms with E-state index in [-0.39, 0.29) is 0 Å². The number of amides is 1. The number of ether oxygens (including phenoxy) is 2. The van der Waals surface area contributed by atoms with E-state index in [0.717, 1.165) is 35.4 Å². The van der Waals surface area contributed by atoms with Crippen LogP contribution in [-0.4, -0.2) is 46.6 Å². The molecule has 0 aliphatic heterocycles. The second-order valence-corrected chi connectivity index (χ2v) is 7.88. The fourth-order valence-electron chi connectivity index (χ4n) is 3.09. The SMILES string of the molecule is CC(C)CNC(=O)O.COc1cc(-c2ccc(OC)n3nc(C4CC4)nc23)ccc1C#N. The molecule has 1 fully saturated rings. The van der Waals surface area contributed by atoms with Crippen molar-refractivity contribution in [2.45, 2.75) is 32.6 Å². The molecule has 2 aromatic heterocycles. The van der Waals surface area contributed by atoms with E-state index >= 15 is 0 Å². The van der Waals surface area contributed by atoms with Gasteiger partial charge in [-0.15, -0.1) is 5.10 Å². The topological polar surface area (TPSA) is 122 Å². The fourth-order valence-corrected chi connectivity index (χ4v) is 3.09. The molecule has 2 heterocycles. The molecule has 1 aromatic carbocycles. The van der Waals surface area contributed by atoms with Crippen LogP contribution in [0, 0.1) is 17.2 Å². The summed E-state index contributed by atoms with van der Waals surface area (Å²) in [5, 5.41) is 24.1. The number of carboxylic acid groups (broad SMARTS) is 1. The van der Waals surface area contributed by atoms with Crippen LogP contribution in [0.4, 0.5) is 4.79 Å². The number of hydrogen-bond donors (Lipinski definition) is 2. The molecule has 0 atom stereocenters. The minimum Gasteiger partial charge on any atom is -0.495 e. The largest absolute Gasteiger partial charge is 0.495 e. The number of rotatable bonds is 6. The molecule has 1 saturated carbocycles. The molecule has 32 heavy (non-hydrogen) atoms. The van der Waals surface area contributed by atoms with Gasteiger partial charge in [0.2, 0.25) is 5.88 Å². The highest BCUT2D eigenvalue weighted by Crippen LogP contribution is 2.39. The molecular formula is C23H27N5O4. The van der Waals surface area contributed by atoms with Crippen molar-refractivity contribution in [2.24, 2.45) is 5.92 Å². The van der Waals surface area contributed by atoms with Crippen molar-refractivity contribution in [2.75, 3.05) is 20.8 Å². The van der Waals surface area contributed by atoms with Crippen LogP contribution in [0.1, 0.15) is 44.0 Å². The number of methoxy groups -OCH3 is 2. The molecule has 4 rings (SSSR count). The van der Waals surface area contributed by atoms with E-state index in [1.165, 1.54) is 0 Å². The Morgan fingerprint density at radius 3 is 2.56 bits per heavy atom. The highest BCUT2D eigenvalue weighted by Gasteiger charge is 2.29. The highest BCUT2D eigenvalue weighted by atomic mass is 16.5. The molecule has 2 N–H and O–H groups in total. The molecule has 3 aromatic rings. The Morgan fingerprint density at radius 2 is 2.03 bits per heavy atom. The van der Waals surface area contributed by atoms with E-state index < -0.39 is 6.09 Å². The molecule has 0 spiro atoms. The molecule has 0 radical (unpaired) electrons. The first-order valence-corrected chi connectivity index (χ1v) is 10.4. The summed E-state index contributed by atoms with van der Waals surface area (Å²) in [6.45, 7) is 4.45. The number of benzene rings is 1. The van der Waals surface area contributed by atoms with Crippen molar-refractivity contribution in [1.29, 1.82) is 5.26 Å². The zero-order valence-corrected chi connectivity index (χ0v) is 18.6. The lowest BCUT2D eigenvalue weighted by atomic mass is 10.0. The van der Waals surface area contributed by atoms with Gasteiger partial charge in [-0.05, 0) is 42.5 Å². The Hall–Kier alpha value is -3.80. The molecule has 168 valence electrons. The minimum absolute atomic E-state index is 0.395. The monoisotopic (exact) mass is 437 g/mol. The predicted octanol–water partition coefficient (Wildman–Crippen LogP) is 4.07. The number of carbonyl (C=O) groups is 1. The minimum atomic E-state index is -0.946. The van der Waals surface area contributed by atoms with E-state index in [1.807, 2.05) is 38.1 Å². The second kappa shape index (κ2) is 10.0. The van der Waals surface area contributed by atoms with E-state index in [0.29, 0.717) is 35.6 Å². The summed E-state index contributed by atoms with van der Waals surface area (Å²) in [6, 6.07) is 11.5. The van der Waals surface area contributed by atoms with E-state index in [4.69, 9.17) is 24.8 Å². The van der Waals surface area contributed by atoms with E-state index in [1.54, 1.807) is 24.8 Å². The first kappa shape index (κ1) is 22.9. The van der Waals surface area contributed by atoms with Crippen molar-refractivity contribution in [3.63, 3.8) is 0 Å².